The van der Waals surface area contributed by atoms with E-state index in [1.165, 1.54) is 51.4 Å². The van der Waals surface area contributed by atoms with Crippen molar-refractivity contribution in [2.75, 3.05) is 13.2 Å². The SMILES string of the molecule is CCCCCCCCOC(=O)CC(C=C(C)C)C(=O)OCCCCCCCC. The zero-order chi connectivity index (χ0) is 21.0. The summed E-state index contributed by atoms with van der Waals surface area (Å²) >= 11 is 0. The van der Waals surface area contributed by atoms with Crippen molar-refractivity contribution in [2.24, 2.45) is 5.92 Å². The first-order valence-electron chi connectivity index (χ1n) is 11.5. The lowest BCUT2D eigenvalue weighted by Gasteiger charge is -2.13. The van der Waals surface area contributed by atoms with Gasteiger partial charge >= 0.3 is 11.9 Å². The van der Waals surface area contributed by atoms with Crippen LogP contribution in [-0.4, -0.2) is 25.2 Å². The third kappa shape index (κ3) is 16.8. The Balaban J connectivity index is 4.09. The zero-order valence-electron chi connectivity index (χ0n) is 18.9. The Hall–Kier alpha value is -1.32. The topological polar surface area (TPSA) is 52.6 Å². The lowest BCUT2D eigenvalue weighted by molar-refractivity contribution is -0.153. The molecule has 4 nitrogen and oxygen atoms in total. The second kappa shape index (κ2) is 19.0. The first-order chi connectivity index (χ1) is 13.5. The number of unbranched alkanes of at least 4 members (excludes halogenated alkanes) is 10. The van der Waals surface area contributed by atoms with Crippen LogP contribution in [0.2, 0.25) is 0 Å². The molecule has 1 unspecified atom stereocenters. The van der Waals surface area contributed by atoms with E-state index in [2.05, 4.69) is 13.8 Å². The van der Waals surface area contributed by atoms with Gasteiger partial charge in [-0.1, -0.05) is 89.7 Å². The van der Waals surface area contributed by atoms with E-state index in [1.807, 2.05) is 19.9 Å². The monoisotopic (exact) mass is 396 g/mol. The van der Waals surface area contributed by atoms with Crippen LogP contribution in [0.25, 0.3) is 0 Å². The van der Waals surface area contributed by atoms with E-state index in [4.69, 9.17) is 9.47 Å². The minimum atomic E-state index is -0.540. The molecule has 0 fully saturated rings. The Morgan fingerprint density at radius 1 is 0.714 bits per heavy atom. The number of esters is 2. The van der Waals surface area contributed by atoms with Gasteiger partial charge in [-0.25, -0.2) is 0 Å². The summed E-state index contributed by atoms with van der Waals surface area (Å²) in [4.78, 5) is 24.4. The van der Waals surface area contributed by atoms with Gasteiger partial charge in [-0.2, -0.15) is 0 Å². The summed E-state index contributed by atoms with van der Waals surface area (Å²) in [7, 11) is 0. The van der Waals surface area contributed by atoms with E-state index < -0.39 is 5.92 Å². The number of hydrogen-bond acceptors (Lipinski definition) is 4. The van der Waals surface area contributed by atoms with E-state index in [9.17, 15) is 9.59 Å². The molecule has 0 aliphatic rings. The van der Waals surface area contributed by atoms with E-state index in [1.54, 1.807) is 0 Å². The fourth-order valence-corrected chi connectivity index (χ4v) is 3.08. The van der Waals surface area contributed by atoms with Crippen molar-refractivity contribution < 1.29 is 19.1 Å². The highest BCUT2D eigenvalue weighted by molar-refractivity contribution is 5.81. The van der Waals surface area contributed by atoms with Gasteiger partial charge in [-0.05, 0) is 26.7 Å². The summed E-state index contributed by atoms with van der Waals surface area (Å²) in [6.45, 7) is 9.13. The quantitative estimate of drug-likeness (QED) is 0.146. The highest BCUT2D eigenvalue weighted by Gasteiger charge is 2.22. The number of allylic oxidation sites excluding steroid dienone is 1. The highest BCUT2D eigenvalue weighted by atomic mass is 16.5. The molecular weight excluding hydrogens is 352 g/mol. The smallest absolute Gasteiger partial charge is 0.313 e. The molecule has 0 saturated carbocycles. The molecule has 0 aromatic rings. The molecule has 0 rings (SSSR count). The lowest BCUT2D eigenvalue weighted by Crippen LogP contribution is -2.21. The van der Waals surface area contributed by atoms with Crippen molar-refractivity contribution in [1.82, 2.24) is 0 Å². The Morgan fingerprint density at radius 3 is 1.68 bits per heavy atom. The van der Waals surface area contributed by atoms with Crippen LogP contribution < -0.4 is 0 Å². The van der Waals surface area contributed by atoms with Crippen molar-refractivity contribution in [1.29, 1.82) is 0 Å². The molecule has 0 aromatic carbocycles. The number of hydrogen-bond donors (Lipinski definition) is 0. The van der Waals surface area contributed by atoms with Crippen LogP contribution in [0.4, 0.5) is 0 Å². The van der Waals surface area contributed by atoms with Crippen molar-refractivity contribution in [3.05, 3.63) is 11.6 Å². The second-order valence-corrected chi connectivity index (χ2v) is 7.98. The first-order valence-corrected chi connectivity index (χ1v) is 11.5. The summed E-state index contributed by atoms with van der Waals surface area (Å²) in [5.41, 5.74) is 1.00. The predicted molar refractivity (Wildman–Crippen MR) is 116 cm³/mol. The van der Waals surface area contributed by atoms with E-state index in [-0.39, 0.29) is 18.4 Å². The maximum absolute atomic E-state index is 12.4. The maximum Gasteiger partial charge on any atom is 0.313 e. The molecule has 0 aromatic heterocycles. The molecule has 0 saturated heterocycles. The fourth-order valence-electron chi connectivity index (χ4n) is 3.08. The summed E-state index contributed by atoms with van der Waals surface area (Å²) in [6.07, 6.45) is 15.7. The Bertz CT molecular complexity index is 424. The number of carbonyl (C=O) groups excluding carboxylic acids is 2. The standard InChI is InChI=1S/C24H44O4/c1-5-7-9-11-13-15-17-27-23(25)20-22(19-21(3)4)24(26)28-18-16-14-12-10-8-6-2/h19,22H,5-18,20H2,1-4H3. The molecule has 4 heteroatoms. The van der Waals surface area contributed by atoms with Crippen LogP contribution in [0.5, 0.6) is 0 Å². The summed E-state index contributed by atoms with van der Waals surface area (Å²) in [5, 5.41) is 0. The molecular formula is C24H44O4. The number of ether oxygens (including phenoxy) is 2. The average molecular weight is 397 g/mol. The van der Waals surface area contributed by atoms with Crippen LogP contribution >= 0.6 is 0 Å². The molecule has 28 heavy (non-hydrogen) atoms. The first kappa shape index (κ1) is 26.7. The van der Waals surface area contributed by atoms with Crippen LogP contribution in [0.15, 0.2) is 11.6 Å². The second-order valence-electron chi connectivity index (χ2n) is 7.98. The Kier molecular flexibility index (Phi) is 18.1. The summed E-state index contributed by atoms with van der Waals surface area (Å²) < 4.78 is 10.7. The van der Waals surface area contributed by atoms with E-state index in [0.717, 1.165) is 31.3 Å². The molecule has 0 aliphatic carbocycles. The predicted octanol–water partition coefficient (Wildman–Crippen LogP) is 6.77. The van der Waals surface area contributed by atoms with Crippen molar-refractivity contribution in [3.8, 4) is 0 Å². The average Bonchev–Trinajstić information content (AvgIpc) is 2.65. The van der Waals surface area contributed by atoms with Crippen LogP contribution in [0, 0.1) is 5.92 Å². The molecule has 0 bridgehead atoms. The molecule has 0 amide bonds. The van der Waals surface area contributed by atoms with Gasteiger partial charge in [0, 0.05) is 0 Å². The molecule has 0 heterocycles. The van der Waals surface area contributed by atoms with Gasteiger partial charge < -0.3 is 9.47 Å². The van der Waals surface area contributed by atoms with E-state index in [0.29, 0.717) is 13.2 Å². The minimum Gasteiger partial charge on any atom is -0.466 e. The van der Waals surface area contributed by atoms with Gasteiger partial charge in [0.1, 0.15) is 0 Å². The number of carbonyl (C=O) groups is 2. The van der Waals surface area contributed by atoms with Gasteiger partial charge in [-0.3, -0.25) is 9.59 Å². The fraction of sp³-hybridized carbons (Fsp3) is 0.833. The van der Waals surface area contributed by atoms with Crippen molar-refractivity contribution in [3.63, 3.8) is 0 Å². The molecule has 0 radical (unpaired) electrons. The zero-order valence-corrected chi connectivity index (χ0v) is 18.9. The molecule has 0 N–H and O–H groups in total. The van der Waals surface area contributed by atoms with E-state index >= 15 is 0 Å². The van der Waals surface area contributed by atoms with Gasteiger partial charge in [0.25, 0.3) is 0 Å². The number of rotatable bonds is 18. The van der Waals surface area contributed by atoms with Crippen LogP contribution in [-0.2, 0) is 19.1 Å². The van der Waals surface area contributed by atoms with Crippen LogP contribution in [0.1, 0.15) is 111 Å². The Morgan fingerprint density at radius 2 is 1.18 bits per heavy atom. The summed E-state index contributed by atoms with van der Waals surface area (Å²) in [5.74, 6) is -1.17. The normalized spacial score (nSPS) is 11.7. The molecule has 0 spiro atoms. The third-order valence-electron chi connectivity index (χ3n) is 4.73. The van der Waals surface area contributed by atoms with Crippen molar-refractivity contribution >= 4 is 11.9 Å². The maximum atomic E-state index is 12.4. The molecule has 0 aliphatic heterocycles. The third-order valence-corrected chi connectivity index (χ3v) is 4.73. The Labute approximate surface area is 173 Å². The van der Waals surface area contributed by atoms with Gasteiger partial charge in [-0.15, -0.1) is 0 Å². The van der Waals surface area contributed by atoms with Gasteiger partial charge in [0.2, 0.25) is 0 Å². The van der Waals surface area contributed by atoms with Gasteiger partial charge in [0.15, 0.2) is 0 Å². The minimum absolute atomic E-state index is 0.0658. The lowest BCUT2D eigenvalue weighted by atomic mass is 10.0. The highest BCUT2D eigenvalue weighted by Crippen LogP contribution is 2.14. The molecule has 164 valence electrons. The van der Waals surface area contributed by atoms with Crippen LogP contribution in [0.3, 0.4) is 0 Å². The van der Waals surface area contributed by atoms with Crippen molar-refractivity contribution in [2.45, 2.75) is 111 Å². The molecule has 1 atom stereocenters. The summed E-state index contributed by atoms with van der Waals surface area (Å²) in [6, 6.07) is 0. The largest absolute Gasteiger partial charge is 0.466 e. The van der Waals surface area contributed by atoms with Gasteiger partial charge in [0.05, 0.1) is 25.6 Å².